The summed E-state index contributed by atoms with van der Waals surface area (Å²) in [6, 6.07) is 65.1. The van der Waals surface area contributed by atoms with Crippen molar-refractivity contribution in [3.8, 4) is 62.1 Å². The molecule has 0 saturated carbocycles. The highest BCUT2D eigenvalue weighted by Crippen LogP contribution is 2.49. The number of fused-ring (bicyclic) bond motifs is 5. The van der Waals surface area contributed by atoms with Gasteiger partial charge in [-0.1, -0.05) is 167 Å². The molecule has 11 rings (SSSR count). The first-order valence-electron chi connectivity index (χ1n) is 21.4. The molecule has 0 amide bonds. The summed E-state index contributed by atoms with van der Waals surface area (Å²) in [5, 5.41) is 4.80. The van der Waals surface area contributed by atoms with E-state index >= 15 is 0 Å². The highest BCUT2D eigenvalue weighted by molar-refractivity contribution is 6.12. The zero-order valence-corrected chi connectivity index (χ0v) is 35.0. The summed E-state index contributed by atoms with van der Waals surface area (Å²) in [5.41, 5.74) is 14.1. The van der Waals surface area contributed by atoms with Gasteiger partial charge in [-0.3, -0.25) is 0 Å². The van der Waals surface area contributed by atoms with Gasteiger partial charge in [-0.05, 0) is 105 Å². The number of benzene rings is 8. The van der Waals surface area contributed by atoms with Crippen LogP contribution in [0.25, 0.3) is 94.7 Å². The zero-order valence-electron chi connectivity index (χ0n) is 35.0. The van der Waals surface area contributed by atoms with Crippen LogP contribution >= 0.6 is 0 Å². The van der Waals surface area contributed by atoms with Crippen molar-refractivity contribution in [1.82, 2.24) is 19.5 Å². The van der Waals surface area contributed by atoms with E-state index in [0.29, 0.717) is 17.5 Å². The van der Waals surface area contributed by atoms with Crippen molar-refractivity contribution in [2.75, 3.05) is 0 Å². The van der Waals surface area contributed by atoms with Crippen molar-refractivity contribution >= 4 is 32.6 Å². The molecular formula is C57H46N4. The number of hydrogen-bond donors (Lipinski definition) is 0. The summed E-state index contributed by atoms with van der Waals surface area (Å²) in [4.78, 5) is 15.8. The monoisotopic (exact) mass is 786 g/mol. The largest absolute Gasteiger partial charge is 0.309 e. The number of rotatable bonds is 6. The van der Waals surface area contributed by atoms with Crippen LogP contribution in [0.1, 0.15) is 51.7 Å². The molecule has 0 spiro atoms. The van der Waals surface area contributed by atoms with Crippen LogP contribution in [-0.2, 0) is 10.8 Å². The molecule has 0 N–H and O–H groups in total. The fourth-order valence-electron chi connectivity index (χ4n) is 9.65. The van der Waals surface area contributed by atoms with E-state index in [4.69, 9.17) is 15.0 Å². The van der Waals surface area contributed by atoms with E-state index in [1.165, 1.54) is 45.8 Å². The SMILES string of the molecule is CC1(C)CCC(C)(C)c2cc3c(cc21)c1ccccc1n3-c1ccc(-c2nc(-c3cccc(-c4ccccc4)c3)nc(-c3cccc(-c4ccccc4)c3)n2)c2ccccc12. The van der Waals surface area contributed by atoms with Crippen LogP contribution in [0.3, 0.4) is 0 Å². The second-order valence-corrected chi connectivity index (χ2v) is 17.9. The lowest BCUT2D eigenvalue weighted by Crippen LogP contribution is -2.33. The Kier molecular flexibility index (Phi) is 8.61. The van der Waals surface area contributed by atoms with Crippen molar-refractivity contribution in [3.63, 3.8) is 0 Å². The predicted octanol–water partition coefficient (Wildman–Crippen LogP) is 14.8. The Morgan fingerprint density at radius 3 is 1.44 bits per heavy atom. The molecule has 0 aliphatic heterocycles. The number of para-hydroxylation sites is 1. The maximum atomic E-state index is 5.31. The Hall–Kier alpha value is -7.17. The van der Waals surface area contributed by atoms with Crippen LogP contribution in [0.2, 0.25) is 0 Å². The van der Waals surface area contributed by atoms with Gasteiger partial charge in [-0.15, -0.1) is 0 Å². The van der Waals surface area contributed by atoms with E-state index in [0.717, 1.165) is 55.4 Å². The Labute approximate surface area is 357 Å². The third-order valence-corrected chi connectivity index (χ3v) is 13.1. The number of hydrogen-bond acceptors (Lipinski definition) is 3. The lowest BCUT2D eigenvalue weighted by molar-refractivity contribution is 0.332. The summed E-state index contributed by atoms with van der Waals surface area (Å²) < 4.78 is 2.49. The van der Waals surface area contributed by atoms with E-state index in [1.54, 1.807) is 0 Å². The van der Waals surface area contributed by atoms with Gasteiger partial charge in [-0.25, -0.2) is 15.0 Å². The zero-order chi connectivity index (χ0) is 41.3. The van der Waals surface area contributed by atoms with Gasteiger partial charge in [0.2, 0.25) is 0 Å². The first-order chi connectivity index (χ1) is 29.7. The van der Waals surface area contributed by atoms with Crippen LogP contribution in [0, 0.1) is 0 Å². The van der Waals surface area contributed by atoms with Crippen LogP contribution in [-0.4, -0.2) is 19.5 Å². The quantitative estimate of drug-likeness (QED) is 0.169. The molecule has 294 valence electrons. The molecule has 0 unspecified atom stereocenters. The summed E-state index contributed by atoms with van der Waals surface area (Å²) >= 11 is 0. The molecule has 61 heavy (non-hydrogen) atoms. The molecular weight excluding hydrogens is 741 g/mol. The summed E-state index contributed by atoms with van der Waals surface area (Å²) in [6.45, 7) is 9.65. The summed E-state index contributed by atoms with van der Waals surface area (Å²) in [7, 11) is 0. The average Bonchev–Trinajstić information content (AvgIpc) is 3.63. The van der Waals surface area contributed by atoms with E-state index in [-0.39, 0.29) is 10.8 Å². The van der Waals surface area contributed by atoms with Gasteiger partial charge in [0.1, 0.15) is 0 Å². The minimum absolute atomic E-state index is 0.0849. The molecule has 4 heteroatoms. The predicted molar refractivity (Wildman–Crippen MR) is 254 cm³/mol. The highest BCUT2D eigenvalue weighted by Gasteiger charge is 2.38. The second kappa shape index (κ2) is 14.2. The van der Waals surface area contributed by atoms with Gasteiger partial charge >= 0.3 is 0 Å². The minimum Gasteiger partial charge on any atom is -0.309 e. The normalized spacial score (nSPS) is 14.4. The first-order valence-corrected chi connectivity index (χ1v) is 21.4. The third kappa shape index (κ3) is 6.33. The first kappa shape index (κ1) is 36.9. The molecule has 1 aliphatic rings. The van der Waals surface area contributed by atoms with Crippen molar-refractivity contribution in [2.24, 2.45) is 0 Å². The molecule has 0 atom stereocenters. The fourth-order valence-corrected chi connectivity index (χ4v) is 9.65. The Bertz CT molecular complexity index is 3200. The van der Waals surface area contributed by atoms with E-state index in [1.807, 2.05) is 12.1 Å². The molecule has 0 bridgehead atoms. The maximum absolute atomic E-state index is 5.31. The van der Waals surface area contributed by atoms with Crippen molar-refractivity contribution in [1.29, 1.82) is 0 Å². The van der Waals surface area contributed by atoms with Crippen LogP contribution in [0.5, 0.6) is 0 Å². The van der Waals surface area contributed by atoms with Gasteiger partial charge in [0.15, 0.2) is 17.5 Å². The standard InChI is InChI=1S/C57H46N4/c1-56(2)31-32-57(3,4)49-36-52-47(35-48(49)56)45-27-13-14-28-50(45)61(52)51-30-29-46(43-25-11-12-26-44(43)51)55-59-53(41-23-15-21-39(33-41)37-17-7-5-8-18-37)58-54(60-55)42-24-16-22-40(34-42)38-19-9-6-10-20-38/h5-30,33-36H,31-32H2,1-4H3. The molecule has 4 nitrogen and oxygen atoms in total. The molecule has 0 saturated heterocycles. The molecule has 2 aromatic heterocycles. The Morgan fingerprint density at radius 2 is 0.836 bits per heavy atom. The molecule has 0 fully saturated rings. The van der Waals surface area contributed by atoms with E-state index < -0.39 is 0 Å². The smallest absolute Gasteiger partial charge is 0.164 e. The van der Waals surface area contributed by atoms with Gasteiger partial charge in [0.25, 0.3) is 0 Å². The van der Waals surface area contributed by atoms with E-state index in [2.05, 4.69) is 202 Å². The van der Waals surface area contributed by atoms with Crippen LogP contribution in [0.4, 0.5) is 0 Å². The average molecular weight is 787 g/mol. The van der Waals surface area contributed by atoms with Crippen molar-refractivity contribution in [2.45, 2.75) is 51.4 Å². The second-order valence-electron chi connectivity index (χ2n) is 17.9. The fraction of sp³-hybridized carbons (Fsp3) is 0.140. The van der Waals surface area contributed by atoms with E-state index in [9.17, 15) is 0 Å². The molecule has 2 heterocycles. The van der Waals surface area contributed by atoms with Crippen LogP contribution < -0.4 is 0 Å². The molecule has 0 radical (unpaired) electrons. The van der Waals surface area contributed by atoms with Gasteiger partial charge in [-0.2, -0.15) is 0 Å². The molecule has 8 aromatic carbocycles. The van der Waals surface area contributed by atoms with Gasteiger partial charge < -0.3 is 4.57 Å². The molecule has 1 aliphatic carbocycles. The maximum Gasteiger partial charge on any atom is 0.164 e. The molecule has 10 aromatic rings. The Balaban J connectivity index is 1.13. The summed E-state index contributed by atoms with van der Waals surface area (Å²) in [6.07, 6.45) is 2.35. The van der Waals surface area contributed by atoms with Crippen molar-refractivity contribution in [3.05, 3.63) is 193 Å². The number of nitrogens with zero attached hydrogens (tertiary/aromatic N) is 4. The lowest BCUT2D eigenvalue weighted by Gasteiger charge is -2.42. The van der Waals surface area contributed by atoms with Crippen LogP contribution in [0.15, 0.2) is 182 Å². The van der Waals surface area contributed by atoms with Gasteiger partial charge in [0, 0.05) is 32.8 Å². The summed E-state index contributed by atoms with van der Waals surface area (Å²) in [5.74, 6) is 1.90. The topological polar surface area (TPSA) is 43.6 Å². The Morgan fingerprint density at radius 1 is 0.361 bits per heavy atom. The minimum atomic E-state index is 0.0849. The van der Waals surface area contributed by atoms with Gasteiger partial charge in [0.05, 0.1) is 16.7 Å². The van der Waals surface area contributed by atoms with Crippen molar-refractivity contribution < 1.29 is 0 Å². The highest BCUT2D eigenvalue weighted by atomic mass is 15.0. The number of aromatic nitrogens is 4. The lowest BCUT2D eigenvalue weighted by atomic mass is 9.63. The third-order valence-electron chi connectivity index (χ3n) is 13.1.